The zero-order valence-corrected chi connectivity index (χ0v) is 14.3. The third-order valence-electron chi connectivity index (χ3n) is 3.26. The number of nitrogens with one attached hydrogen (secondary N) is 1. The number of nitro groups is 1. The van der Waals surface area contributed by atoms with Gasteiger partial charge in [0.25, 0.3) is 5.91 Å². The van der Waals surface area contributed by atoms with Gasteiger partial charge in [0.1, 0.15) is 12.4 Å². The quantitative estimate of drug-likeness (QED) is 0.397. The fraction of sp³-hybridized carbons (Fsp3) is 0.278. The number of nitro benzene ring substituents is 1. The number of ether oxygens (including phenoxy) is 3. The van der Waals surface area contributed by atoms with E-state index in [4.69, 9.17) is 14.2 Å². The van der Waals surface area contributed by atoms with Gasteiger partial charge in [-0.15, -0.1) is 0 Å². The number of hydrogen-bond acceptors (Lipinski definition) is 6. The minimum atomic E-state index is -0.558. The fourth-order valence-electron chi connectivity index (χ4n) is 2.07. The highest BCUT2D eigenvalue weighted by molar-refractivity contribution is 5.91. The standard InChI is InChI=1S/C18H20N2O6/c1-2-24-11-12-25-15-9-7-14(8-10-15)19-18(21)13-26-17-6-4-3-5-16(17)20(22)23/h3-10H,2,11-13H2,1H3,(H,19,21). The smallest absolute Gasteiger partial charge is 0.310 e. The highest BCUT2D eigenvalue weighted by Crippen LogP contribution is 2.25. The van der Waals surface area contributed by atoms with Crippen LogP contribution in [0.5, 0.6) is 11.5 Å². The lowest BCUT2D eigenvalue weighted by molar-refractivity contribution is -0.385. The second-order valence-corrected chi connectivity index (χ2v) is 5.13. The van der Waals surface area contributed by atoms with Gasteiger partial charge in [-0.05, 0) is 37.3 Å². The van der Waals surface area contributed by atoms with E-state index in [0.29, 0.717) is 31.3 Å². The van der Waals surface area contributed by atoms with Crippen molar-refractivity contribution in [2.75, 3.05) is 31.7 Å². The Kier molecular flexibility index (Phi) is 7.38. The van der Waals surface area contributed by atoms with Crippen LogP contribution in [0.1, 0.15) is 6.92 Å². The van der Waals surface area contributed by atoms with E-state index in [1.54, 1.807) is 30.3 Å². The highest BCUT2D eigenvalue weighted by atomic mass is 16.6. The van der Waals surface area contributed by atoms with Crippen LogP contribution in [-0.4, -0.2) is 37.3 Å². The molecule has 2 aromatic rings. The average molecular weight is 360 g/mol. The topological polar surface area (TPSA) is 99.9 Å². The third kappa shape index (κ3) is 6.06. The van der Waals surface area contributed by atoms with E-state index in [9.17, 15) is 14.9 Å². The Morgan fingerprint density at radius 3 is 2.50 bits per heavy atom. The number of hydrogen-bond donors (Lipinski definition) is 1. The van der Waals surface area contributed by atoms with E-state index in [1.165, 1.54) is 18.2 Å². The molecule has 0 aliphatic rings. The van der Waals surface area contributed by atoms with Gasteiger partial charge in [-0.2, -0.15) is 0 Å². The zero-order valence-electron chi connectivity index (χ0n) is 14.3. The molecule has 0 heterocycles. The number of anilines is 1. The molecule has 0 aromatic heterocycles. The second-order valence-electron chi connectivity index (χ2n) is 5.13. The maximum Gasteiger partial charge on any atom is 0.310 e. The van der Waals surface area contributed by atoms with E-state index in [0.717, 1.165) is 0 Å². The van der Waals surface area contributed by atoms with Gasteiger partial charge >= 0.3 is 5.69 Å². The SMILES string of the molecule is CCOCCOc1ccc(NC(=O)COc2ccccc2[N+](=O)[O-])cc1. The van der Waals surface area contributed by atoms with Gasteiger partial charge in [0.15, 0.2) is 12.4 Å². The van der Waals surface area contributed by atoms with Crippen molar-refractivity contribution in [3.05, 3.63) is 58.6 Å². The normalized spacial score (nSPS) is 10.2. The molecular weight excluding hydrogens is 340 g/mol. The molecule has 26 heavy (non-hydrogen) atoms. The Labute approximate surface area is 150 Å². The number of para-hydroxylation sites is 2. The minimum Gasteiger partial charge on any atom is -0.491 e. The van der Waals surface area contributed by atoms with Crippen LogP contribution >= 0.6 is 0 Å². The molecule has 2 rings (SSSR count). The lowest BCUT2D eigenvalue weighted by Crippen LogP contribution is -2.20. The van der Waals surface area contributed by atoms with Crippen molar-refractivity contribution < 1.29 is 23.9 Å². The van der Waals surface area contributed by atoms with Gasteiger partial charge in [-0.1, -0.05) is 12.1 Å². The summed E-state index contributed by atoms with van der Waals surface area (Å²) in [7, 11) is 0. The molecule has 0 aliphatic carbocycles. The van der Waals surface area contributed by atoms with Crippen LogP contribution in [0, 0.1) is 10.1 Å². The molecule has 0 bridgehead atoms. The molecule has 2 aromatic carbocycles. The summed E-state index contributed by atoms with van der Waals surface area (Å²) in [6.07, 6.45) is 0. The Balaban J connectivity index is 1.82. The summed E-state index contributed by atoms with van der Waals surface area (Å²) >= 11 is 0. The molecule has 0 atom stereocenters. The van der Waals surface area contributed by atoms with Gasteiger partial charge in [-0.3, -0.25) is 14.9 Å². The van der Waals surface area contributed by atoms with E-state index in [2.05, 4.69) is 5.32 Å². The number of carbonyl (C=O) groups excluding carboxylic acids is 1. The first-order valence-electron chi connectivity index (χ1n) is 8.07. The maximum atomic E-state index is 11.9. The zero-order chi connectivity index (χ0) is 18.8. The Hall–Kier alpha value is -3.13. The van der Waals surface area contributed by atoms with Gasteiger partial charge in [0, 0.05) is 18.4 Å². The van der Waals surface area contributed by atoms with Crippen molar-refractivity contribution in [3.63, 3.8) is 0 Å². The summed E-state index contributed by atoms with van der Waals surface area (Å²) in [6.45, 7) is 3.18. The lowest BCUT2D eigenvalue weighted by Gasteiger charge is -2.09. The number of carbonyl (C=O) groups is 1. The number of benzene rings is 2. The van der Waals surface area contributed by atoms with E-state index < -0.39 is 10.8 Å². The first kappa shape index (κ1) is 19.2. The number of nitrogens with zero attached hydrogens (tertiary/aromatic N) is 1. The summed E-state index contributed by atoms with van der Waals surface area (Å²) in [5, 5.41) is 13.6. The van der Waals surface area contributed by atoms with Crippen molar-refractivity contribution in [1.29, 1.82) is 0 Å². The van der Waals surface area contributed by atoms with Crippen LogP contribution in [0.2, 0.25) is 0 Å². The molecule has 0 radical (unpaired) electrons. The Morgan fingerprint density at radius 2 is 1.81 bits per heavy atom. The molecule has 138 valence electrons. The van der Waals surface area contributed by atoms with Gasteiger partial charge in [0.05, 0.1) is 11.5 Å². The molecule has 0 aliphatic heterocycles. The number of amides is 1. The van der Waals surface area contributed by atoms with Crippen LogP contribution < -0.4 is 14.8 Å². The molecule has 0 fully saturated rings. The van der Waals surface area contributed by atoms with Crippen LogP contribution in [-0.2, 0) is 9.53 Å². The van der Waals surface area contributed by atoms with Crippen molar-refractivity contribution in [1.82, 2.24) is 0 Å². The summed E-state index contributed by atoms with van der Waals surface area (Å²) in [6, 6.07) is 12.7. The van der Waals surface area contributed by atoms with E-state index in [-0.39, 0.29) is 18.0 Å². The van der Waals surface area contributed by atoms with E-state index in [1.807, 2.05) is 6.92 Å². The summed E-state index contributed by atoms with van der Waals surface area (Å²) in [4.78, 5) is 22.3. The average Bonchev–Trinajstić information content (AvgIpc) is 2.65. The fourth-order valence-corrected chi connectivity index (χ4v) is 2.07. The summed E-state index contributed by atoms with van der Waals surface area (Å²) < 4.78 is 15.9. The molecule has 0 saturated heterocycles. The molecule has 1 N–H and O–H groups in total. The minimum absolute atomic E-state index is 0.0469. The van der Waals surface area contributed by atoms with E-state index >= 15 is 0 Å². The first-order chi connectivity index (χ1) is 12.6. The third-order valence-corrected chi connectivity index (χ3v) is 3.26. The Morgan fingerprint density at radius 1 is 1.08 bits per heavy atom. The van der Waals surface area contributed by atoms with Gasteiger partial charge < -0.3 is 19.5 Å². The van der Waals surface area contributed by atoms with Crippen LogP contribution in [0.15, 0.2) is 48.5 Å². The predicted octanol–water partition coefficient (Wildman–Crippen LogP) is 3.03. The van der Waals surface area contributed by atoms with Crippen LogP contribution in [0.25, 0.3) is 0 Å². The highest BCUT2D eigenvalue weighted by Gasteiger charge is 2.14. The monoisotopic (exact) mass is 360 g/mol. The van der Waals surface area contributed by atoms with Crippen molar-refractivity contribution in [2.24, 2.45) is 0 Å². The van der Waals surface area contributed by atoms with Crippen molar-refractivity contribution >= 4 is 17.3 Å². The van der Waals surface area contributed by atoms with Crippen LogP contribution in [0.4, 0.5) is 11.4 Å². The predicted molar refractivity (Wildman–Crippen MR) is 95.7 cm³/mol. The number of rotatable bonds is 10. The maximum absolute atomic E-state index is 11.9. The molecule has 1 amide bonds. The van der Waals surface area contributed by atoms with Crippen LogP contribution in [0.3, 0.4) is 0 Å². The van der Waals surface area contributed by atoms with Crippen molar-refractivity contribution in [2.45, 2.75) is 6.92 Å². The largest absolute Gasteiger partial charge is 0.491 e. The molecular formula is C18H20N2O6. The molecule has 0 saturated carbocycles. The molecule has 8 nitrogen and oxygen atoms in total. The van der Waals surface area contributed by atoms with Gasteiger partial charge in [-0.25, -0.2) is 0 Å². The van der Waals surface area contributed by atoms with Crippen molar-refractivity contribution in [3.8, 4) is 11.5 Å². The lowest BCUT2D eigenvalue weighted by atomic mass is 10.3. The summed E-state index contributed by atoms with van der Waals surface area (Å²) in [5.74, 6) is 0.290. The summed E-state index contributed by atoms with van der Waals surface area (Å²) in [5.41, 5.74) is 0.382. The molecule has 8 heteroatoms. The molecule has 0 unspecified atom stereocenters. The first-order valence-corrected chi connectivity index (χ1v) is 8.07. The Bertz CT molecular complexity index is 733. The van der Waals surface area contributed by atoms with Gasteiger partial charge in [0.2, 0.25) is 0 Å². The second kappa shape index (κ2) is 10.00. The molecule has 0 spiro atoms.